The first-order valence-corrected chi connectivity index (χ1v) is 14.2. The summed E-state index contributed by atoms with van der Waals surface area (Å²) >= 11 is 0. The number of hydroxylamine groups is 2. The molecule has 43 heavy (non-hydrogen) atoms. The van der Waals surface area contributed by atoms with E-state index in [0.717, 1.165) is 23.6 Å². The van der Waals surface area contributed by atoms with Gasteiger partial charge in [-0.3, -0.25) is 19.2 Å². The van der Waals surface area contributed by atoms with Crippen molar-refractivity contribution in [1.82, 2.24) is 5.06 Å². The minimum absolute atomic E-state index is 0. The molecule has 5 N–H and O–H groups in total. The van der Waals surface area contributed by atoms with Crippen LogP contribution in [0.25, 0.3) is 10.8 Å². The van der Waals surface area contributed by atoms with Gasteiger partial charge in [-0.2, -0.15) is 0 Å². The number of carboxylic acid groups (broad SMARTS) is 2. The average molecular weight is 622 g/mol. The van der Waals surface area contributed by atoms with Gasteiger partial charge >= 0.3 is 71.1 Å². The number of carbonyl (C=O) groups excluding carboxylic acids is 1. The quantitative estimate of drug-likeness (QED) is 0.0563. The van der Waals surface area contributed by atoms with Crippen LogP contribution in [0.2, 0.25) is 0 Å². The number of amides is 1. The van der Waals surface area contributed by atoms with Crippen LogP contribution in [0, 0.1) is 5.92 Å². The first kappa shape index (κ1) is 39.9. The van der Waals surface area contributed by atoms with Crippen molar-refractivity contribution in [3.63, 3.8) is 0 Å². The number of nitrogens with zero attached hydrogens (tertiary/aromatic N) is 1. The van der Waals surface area contributed by atoms with Gasteiger partial charge in [0.05, 0.1) is 18.8 Å². The molecule has 1 saturated heterocycles. The van der Waals surface area contributed by atoms with E-state index >= 15 is 0 Å². The molecule has 2 aromatic rings. The molecular weight excluding hydrogens is 580 g/mol. The van der Waals surface area contributed by atoms with Gasteiger partial charge in [0.2, 0.25) is 0 Å². The molecule has 1 amide bonds. The molecule has 1 aliphatic heterocycles. The molecule has 1 aliphatic rings. The molecule has 5 atom stereocenters. The van der Waals surface area contributed by atoms with Crippen LogP contribution in [0.3, 0.4) is 0 Å². The Bertz CT molecular complexity index is 1150. The van der Waals surface area contributed by atoms with Gasteiger partial charge < -0.3 is 30.3 Å². The maximum atomic E-state index is 13.4. The summed E-state index contributed by atoms with van der Waals surface area (Å²) in [6.45, 7) is 2.12. The molecule has 2 aromatic carbocycles. The Kier molecular flexibility index (Phi) is 18.7. The molecule has 0 aliphatic carbocycles. The SMILES string of the molecule is C[C@@H]1O[C@@H](CCCN(OCCCCCCCC(C(=O)O)C(=O)O)C(=O)c2ccc3ccccc3c2)[C@@H](O)[C@H](O)[C@@H]1O.[Na+].[Na+]. The molecule has 11 nitrogen and oxygen atoms in total. The summed E-state index contributed by atoms with van der Waals surface area (Å²) in [6.07, 6.45) is -0.826. The summed E-state index contributed by atoms with van der Waals surface area (Å²) in [5.74, 6) is -4.34. The molecule has 3 rings (SSSR count). The van der Waals surface area contributed by atoms with Crippen molar-refractivity contribution in [2.75, 3.05) is 13.2 Å². The zero-order valence-electron chi connectivity index (χ0n) is 25.3. The Morgan fingerprint density at radius 2 is 1.47 bits per heavy atom. The van der Waals surface area contributed by atoms with Gasteiger partial charge in [0.15, 0.2) is 5.92 Å². The van der Waals surface area contributed by atoms with E-state index in [1.54, 1.807) is 13.0 Å². The third-order valence-electron chi connectivity index (χ3n) is 7.50. The molecule has 1 heterocycles. The summed E-state index contributed by atoms with van der Waals surface area (Å²) in [7, 11) is 0. The summed E-state index contributed by atoms with van der Waals surface area (Å²) in [5.41, 5.74) is 0.469. The maximum Gasteiger partial charge on any atom is 1.00 e. The Balaban J connectivity index is 0.00000462. The van der Waals surface area contributed by atoms with Crippen molar-refractivity contribution < 1.29 is 109 Å². The fourth-order valence-corrected chi connectivity index (χ4v) is 5.01. The molecule has 13 heteroatoms. The van der Waals surface area contributed by atoms with Crippen LogP contribution < -0.4 is 59.1 Å². The van der Waals surface area contributed by atoms with E-state index in [-0.39, 0.29) is 84.6 Å². The second-order valence-corrected chi connectivity index (χ2v) is 10.6. The van der Waals surface area contributed by atoms with Crippen molar-refractivity contribution in [2.24, 2.45) is 5.92 Å². The molecule has 0 saturated carbocycles. The van der Waals surface area contributed by atoms with Crippen molar-refractivity contribution in [2.45, 2.75) is 88.8 Å². The number of carbonyl (C=O) groups is 3. The number of benzene rings is 2. The van der Waals surface area contributed by atoms with Crippen LogP contribution in [0.1, 0.15) is 68.6 Å². The van der Waals surface area contributed by atoms with Crippen LogP contribution >= 0.6 is 0 Å². The molecule has 0 bridgehead atoms. The van der Waals surface area contributed by atoms with Gasteiger partial charge in [-0.25, -0.2) is 5.06 Å². The van der Waals surface area contributed by atoms with Gasteiger partial charge in [0.25, 0.3) is 5.91 Å². The Labute approximate surface area is 296 Å². The van der Waals surface area contributed by atoms with E-state index in [1.165, 1.54) is 5.06 Å². The monoisotopic (exact) mass is 621 g/mol. The van der Waals surface area contributed by atoms with Crippen LogP contribution in [-0.4, -0.2) is 92.1 Å². The number of carboxylic acids is 2. The Morgan fingerprint density at radius 3 is 2.14 bits per heavy atom. The van der Waals surface area contributed by atoms with Gasteiger partial charge in [-0.15, -0.1) is 0 Å². The zero-order chi connectivity index (χ0) is 29.9. The number of ether oxygens (including phenoxy) is 1. The van der Waals surface area contributed by atoms with Gasteiger partial charge in [0, 0.05) is 12.1 Å². The van der Waals surface area contributed by atoms with Gasteiger partial charge in [-0.1, -0.05) is 56.0 Å². The molecule has 0 unspecified atom stereocenters. The van der Waals surface area contributed by atoms with E-state index in [4.69, 9.17) is 19.8 Å². The summed E-state index contributed by atoms with van der Waals surface area (Å²) in [4.78, 5) is 41.3. The molecule has 0 aromatic heterocycles. The largest absolute Gasteiger partial charge is 1.00 e. The molecule has 226 valence electrons. The number of aliphatic hydroxyl groups excluding tert-OH is 3. The number of hydrogen-bond donors (Lipinski definition) is 5. The predicted molar refractivity (Wildman–Crippen MR) is 149 cm³/mol. The van der Waals surface area contributed by atoms with E-state index in [2.05, 4.69) is 0 Å². The molecule has 0 spiro atoms. The van der Waals surface area contributed by atoms with E-state index < -0.39 is 48.4 Å². The maximum absolute atomic E-state index is 13.4. The van der Waals surface area contributed by atoms with Gasteiger partial charge in [-0.05, 0) is 55.5 Å². The Morgan fingerprint density at radius 1 is 0.837 bits per heavy atom. The second kappa shape index (κ2) is 20.1. The summed E-state index contributed by atoms with van der Waals surface area (Å²) < 4.78 is 5.67. The summed E-state index contributed by atoms with van der Waals surface area (Å²) in [6, 6.07) is 13.1. The third-order valence-corrected chi connectivity index (χ3v) is 7.50. The number of rotatable bonds is 16. The van der Waals surface area contributed by atoms with Crippen molar-refractivity contribution >= 4 is 28.6 Å². The first-order valence-electron chi connectivity index (χ1n) is 14.2. The van der Waals surface area contributed by atoms with Crippen molar-refractivity contribution in [1.29, 1.82) is 0 Å². The molecular formula is C30H41NNa2O10+2. The summed E-state index contributed by atoms with van der Waals surface area (Å²) in [5, 5.41) is 51.5. The first-order chi connectivity index (χ1) is 19.6. The van der Waals surface area contributed by atoms with Crippen LogP contribution in [0.15, 0.2) is 42.5 Å². The van der Waals surface area contributed by atoms with E-state index in [1.807, 2.05) is 36.4 Å². The number of aliphatic carboxylic acids is 2. The number of hydrogen-bond acceptors (Lipinski definition) is 8. The minimum Gasteiger partial charge on any atom is -0.481 e. The normalized spacial score (nSPS) is 21.6. The topological polar surface area (TPSA) is 174 Å². The van der Waals surface area contributed by atoms with Crippen molar-refractivity contribution in [3.8, 4) is 0 Å². The molecule has 0 radical (unpaired) electrons. The fourth-order valence-electron chi connectivity index (χ4n) is 5.01. The fraction of sp³-hybridized carbons (Fsp3) is 0.567. The van der Waals surface area contributed by atoms with Crippen LogP contribution in [-0.2, 0) is 19.2 Å². The standard InChI is InChI=1S/C30H41NO10.2Na/c1-19-25(32)27(34)26(33)24(41-19)13-9-16-31(28(35)22-15-14-20-10-6-7-11-21(20)18-22)40-17-8-4-2-3-5-12-23(29(36)37)30(38)39;;/h6-7,10-11,14-15,18-19,23-27,32-34H,2-5,8-9,12-13,16-17H2,1H3,(H,36,37)(H,38,39);;/q;2*+1/t19-,24-,25+,26+,27+;;/m0../s1. The zero-order valence-corrected chi connectivity index (χ0v) is 29.3. The molecule has 1 fully saturated rings. The smallest absolute Gasteiger partial charge is 0.481 e. The predicted octanol–water partition coefficient (Wildman–Crippen LogP) is -3.00. The second-order valence-electron chi connectivity index (χ2n) is 10.6. The third kappa shape index (κ3) is 12.0. The minimum atomic E-state index is -1.38. The Hall–Kier alpha value is -1.09. The number of fused-ring (bicyclic) bond motifs is 1. The van der Waals surface area contributed by atoms with Crippen LogP contribution in [0.4, 0.5) is 0 Å². The number of unbranched alkanes of at least 4 members (excludes halogenated alkanes) is 4. The van der Waals surface area contributed by atoms with Crippen LogP contribution in [0.5, 0.6) is 0 Å². The van der Waals surface area contributed by atoms with Crippen molar-refractivity contribution in [3.05, 3.63) is 48.0 Å². The average Bonchev–Trinajstić information content (AvgIpc) is 2.95. The number of aliphatic hydroxyl groups is 3. The van der Waals surface area contributed by atoms with E-state index in [0.29, 0.717) is 37.7 Å². The van der Waals surface area contributed by atoms with E-state index in [9.17, 15) is 29.7 Å². The van der Waals surface area contributed by atoms with Gasteiger partial charge in [0.1, 0.15) is 18.3 Å².